The van der Waals surface area contributed by atoms with Gasteiger partial charge in [0, 0.05) is 12.1 Å². The Labute approximate surface area is 168 Å². The molecule has 3 heterocycles. The summed E-state index contributed by atoms with van der Waals surface area (Å²) in [6, 6.07) is 7.08. The minimum Gasteiger partial charge on any atom is -0.497 e. The van der Waals surface area contributed by atoms with Gasteiger partial charge < -0.3 is 10.1 Å². The summed E-state index contributed by atoms with van der Waals surface area (Å²) in [7, 11) is 1.60. The van der Waals surface area contributed by atoms with Crippen molar-refractivity contribution in [3.8, 4) is 11.4 Å². The molecule has 9 heteroatoms. The number of aliphatic imine (C=N–C) groups is 1. The molecular formula is C20H24N6O3. The largest absolute Gasteiger partial charge is 0.497 e. The Balaban J connectivity index is 1.76. The maximum absolute atomic E-state index is 13.2. The predicted molar refractivity (Wildman–Crippen MR) is 109 cm³/mol. The molecule has 9 nitrogen and oxygen atoms in total. The molecule has 4 rings (SSSR count). The highest BCUT2D eigenvalue weighted by Gasteiger charge is 2.41. The molecule has 29 heavy (non-hydrogen) atoms. The number of nitrogens with one attached hydrogen (secondary N) is 1. The van der Waals surface area contributed by atoms with Gasteiger partial charge in [0.05, 0.1) is 31.1 Å². The molecule has 2 aromatic rings. The third-order valence-corrected chi connectivity index (χ3v) is 4.68. The summed E-state index contributed by atoms with van der Waals surface area (Å²) in [5, 5.41) is 7.41. The van der Waals surface area contributed by atoms with Crippen LogP contribution in [0.5, 0.6) is 5.75 Å². The van der Waals surface area contributed by atoms with E-state index < -0.39 is 5.54 Å². The van der Waals surface area contributed by atoms with Crippen molar-refractivity contribution in [3.63, 3.8) is 0 Å². The van der Waals surface area contributed by atoms with Crippen LogP contribution in [0, 0.1) is 0 Å². The second kappa shape index (κ2) is 6.91. The zero-order chi connectivity index (χ0) is 20.8. The van der Waals surface area contributed by atoms with Crippen molar-refractivity contribution in [1.29, 1.82) is 0 Å². The SMILES string of the molecule is COc1ccc(-n2ncc3c2N(CC(=O)NC(C)(C)C)C(=O)N2CCN=C32)cc1. The Morgan fingerprint density at radius 3 is 2.62 bits per heavy atom. The lowest BCUT2D eigenvalue weighted by atomic mass is 10.1. The highest BCUT2D eigenvalue weighted by atomic mass is 16.5. The summed E-state index contributed by atoms with van der Waals surface area (Å²) in [4.78, 5) is 33.4. The third-order valence-electron chi connectivity index (χ3n) is 4.68. The summed E-state index contributed by atoms with van der Waals surface area (Å²) < 4.78 is 6.88. The fourth-order valence-corrected chi connectivity index (χ4v) is 3.52. The Hall–Kier alpha value is -3.36. The zero-order valence-electron chi connectivity index (χ0n) is 17.0. The molecule has 0 saturated carbocycles. The first kappa shape index (κ1) is 19.0. The van der Waals surface area contributed by atoms with E-state index in [4.69, 9.17) is 4.74 Å². The van der Waals surface area contributed by atoms with Crippen molar-refractivity contribution in [1.82, 2.24) is 20.0 Å². The summed E-state index contributed by atoms with van der Waals surface area (Å²) in [6.07, 6.45) is 1.69. The smallest absolute Gasteiger partial charge is 0.331 e. The molecule has 0 radical (unpaired) electrons. The molecule has 0 saturated heterocycles. The van der Waals surface area contributed by atoms with Gasteiger partial charge in [0.15, 0.2) is 5.82 Å². The Morgan fingerprint density at radius 1 is 1.24 bits per heavy atom. The fourth-order valence-electron chi connectivity index (χ4n) is 3.52. The maximum Gasteiger partial charge on any atom is 0.331 e. The van der Waals surface area contributed by atoms with Crippen LogP contribution >= 0.6 is 0 Å². The van der Waals surface area contributed by atoms with Crippen molar-refractivity contribution >= 4 is 23.6 Å². The van der Waals surface area contributed by atoms with Crippen LogP contribution in [0.25, 0.3) is 5.69 Å². The average Bonchev–Trinajstić information content (AvgIpc) is 3.30. The van der Waals surface area contributed by atoms with Crippen molar-refractivity contribution in [2.45, 2.75) is 26.3 Å². The number of hydrogen-bond donors (Lipinski definition) is 1. The summed E-state index contributed by atoms with van der Waals surface area (Å²) in [5.41, 5.74) is 1.10. The number of amides is 3. The number of carbonyl (C=O) groups is 2. The maximum atomic E-state index is 13.2. The van der Waals surface area contributed by atoms with Gasteiger partial charge in [-0.2, -0.15) is 5.10 Å². The van der Waals surface area contributed by atoms with Gasteiger partial charge in [0.25, 0.3) is 0 Å². The lowest BCUT2D eigenvalue weighted by molar-refractivity contribution is -0.121. The van der Waals surface area contributed by atoms with E-state index in [1.165, 1.54) is 4.90 Å². The molecule has 0 aliphatic carbocycles. The van der Waals surface area contributed by atoms with Crippen LogP contribution in [0.3, 0.4) is 0 Å². The molecule has 1 aromatic heterocycles. The van der Waals surface area contributed by atoms with Crippen molar-refractivity contribution in [3.05, 3.63) is 36.0 Å². The Morgan fingerprint density at radius 2 is 1.97 bits per heavy atom. The van der Waals surface area contributed by atoms with E-state index in [-0.39, 0.29) is 18.5 Å². The number of aromatic nitrogens is 2. The van der Waals surface area contributed by atoms with Crippen molar-refractivity contribution in [2.24, 2.45) is 4.99 Å². The number of amidine groups is 1. The van der Waals surface area contributed by atoms with Gasteiger partial charge in [-0.3, -0.25) is 19.6 Å². The van der Waals surface area contributed by atoms with Crippen LogP contribution in [0.4, 0.5) is 10.6 Å². The Bertz CT molecular complexity index is 987. The van der Waals surface area contributed by atoms with Crippen LogP contribution in [0.15, 0.2) is 35.5 Å². The number of carbonyl (C=O) groups excluding carboxylic acids is 2. The number of benzene rings is 1. The van der Waals surface area contributed by atoms with Gasteiger partial charge in [-0.25, -0.2) is 9.48 Å². The second-order valence-electron chi connectivity index (χ2n) is 8.02. The molecule has 1 N–H and O–H groups in total. The highest BCUT2D eigenvalue weighted by molar-refractivity contribution is 6.20. The molecule has 0 atom stereocenters. The molecule has 2 aliphatic rings. The average molecular weight is 396 g/mol. The van der Waals surface area contributed by atoms with Crippen LogP contribution in [0.1, 0.15) is 26.3 Å². The minimum absolute atomic E-state index is 0.102. The van der Waals surface area contributed by atoms with Crippen LogP contribution in [0.2, 0.25) is 0 Å². The normalized spacial score (nSPS) is 15.7. The minimum atomic E-state index is -0.394. The van der Waals surface area contributed by atoms with Gasteiger partial charge in [0.1, 0.15) is 18.1 Å². The fraction of sp³-hybridized carbons (Fsp3) is 0.400. The van der Waals surface area contributed by atoms with Gasteiger partial charge in [-0.1, -0.05) is 0 Å². The molecular weight excluding hydrogens is 372 g/mol. The lowest BCUT2D eigenvalue weighted by Crippen LogP contribution is -2.54. The van der Waals surface area contributed by atoms with E-state index in [0.29, 0.717) is 24.7 Å². The first-order valence-electron chi connectivity index (χ1n) is 9.46. The predicted octanol–water partition coefficient (Wildman–Crippen LogP) is 1.80. The molecule has 0 fully saturated rings. The number of fused-ring (bicyclic) bond motifs is 3. The number of anilines is 1. The Kier molecular flexibility index (Phi) is 4.52. The molecule has 0 spiro atoms. The number of methoxy groups -OCH3 is 1. The van der Waals surface area contributed by atoms with Crippen molar-refractivity contribution in [2.75, 3.05) is 31.6 Å². The van der Waals surface area contributed by atoms with Crippen LogP contribution in [-0.4, -0.2) is 64.7 Å². The van der Waals surface area contributed by atoms with Gasteiger partial charge in [0.2, 0.25) is 5.91 Å². The molecule has 0 unspecified atom stereocenters. The number of nitrogens with zero attached hydrogens (tertiary/aromatic N) is 5. The molecule has 152 valence electrons. The summed E-state index contributed by atoms with van der Waals surface area (Å²) >= 11 is 0. The van der Waals surface area contributed by atoms with Crippen molar-refractivity contribution < 1.29 is 14.3 Å². The zero-order valence-corrected chi connectivity index (χ0v) is 17.0. The van der Waals surface area contributed by atoms with E-state index in [2.05, 4.69) is 15.4 Å². The summed E-state index contributed by atoms with van der Waals surface area (Å²) in [5.74, 6) is 1.64. The van der Waals surface area contributed by atoms with E-state index in [1.54, 1.807) is 22.9 Å². The lowest BCUT2D eigenvalue weighted by Gasteiger charge is -2.34. The first-order valence-corrected chi connectivity index (χ1v) is 9.46. The van der Waals surface area contributed by atoms with Gasteiger partial charge in [-0.05, 0) is 45.0 Å². The van der Waals surface area contributed by atoms with E-state index in [1.807, 2.05) is 45.0 Å². The molecule has 3 amide bonds. The highest BCUT2D eigenvalue weighted by Crippen LogP contribution is 2.33. The number of hydrogen-bond acceptors (Lipinski definition) is 5. The number of urea groups is 1. The van der Waals surface area contributed by atoms with E-state index in [9.17, 15) is 9.59 Å². The van der Waals surface area contributed by atoms with Gasteiger partial charge in [-0.15, -0.1) is 0 Å². The quantitative estimate of drug-likeness (QED) is 0.853. The summed E-state index contributed by atoms with van der Waals surface area (Å²) in [6.45, 7) is 6.65. The number of rotatable bonds is 4. The standard InChI is InChI=1S/C20H24N6O3/c1-20(2,3)23-16(27)12-25-18-15(17-21-9-10-24(17)19(25)28)11-22-26(18)13-5-7-14(29-4)8-6-13/h5-8,11H,9-10,12H2,1-4H3,(H,23,27). The first-order chi connectivity index (χ1) is 13.8. The number of ether oxygens (including phenoxy) is 1. The van der Waals surface area contributed by atoms with E-state index >= 15 is 0 Å². The van der Waals surface area contributed by atoms with E-state index in [0.717, 1.165) is 17.0 Å². The molecule has 2 aliphatic heterocycles. The molecule has 1 aromatic carbocycles. The van der Waals surface area contributed by atoms with Gasteiger partial charge >= 0.3 is 6.03 Å². The topological polar surface area (TPSA) is 92.1 Å². The molecule has 0 bridgehead atoms. The van der Waals surface area contributed by atoms with Crippen LogP contribution in [-0.2, 0) is 4.79 Å². The third kappa shape index (κ3) is 3.43. The van der Waals surface area contributed by atoms with Crippen LogP contribution < -0.4 is 15.0 Å². The monoisotopic (exact) mass is 396 g/mol. The second-order valence-corrected chi connectivity index (χ2v) is 8.02.